The van der Waals surface area contributed by atoms with E-state index < -0.39 is 5.79 Å². The lowest BCUT2D eigenvalue weighted by Crippen LogP contribution is -2.57. The first-order chi connectivity index (χ1) is 17.2. The highest BCUT2D eigenvalue weighted by Crippen LogP contribution is 2.59. The molecule has 1 N–H and O–H groups in total. The second-order valence-corrected chi connectivity index (χ2v) is 10.1. The minimum Gasteiger partial charge on any atom is -0.393 e. The van der Waals surface area contributed by atoms with E-state index >= 15 is 0 Å². The summed E-state index contributed by atoms with van der Waals surface area (Å²) in [5, 5.41) is 10.8. The summed E-state index contributed by atoms with van der Waals surface area (Å²) in [6.07, 6.45) is 4.68. The number of rotatable bonds is 9. The van der Waals surface area contributed by atoms with Crippen LogP contribution in [-0.4, -0.2) is 23.1 Å². The van der Waals surface area contributed by atoms with E-state index in [1.807, 2.05) is 54.6 Å². The van der Waals surface area contributed by atoms with Crippen LogP contribution in [0.2, 0.25) is 0 Å². The van der Waals surface area contributed by atoms with Gasteiger partial charge in [0.15, 0.2) is 0 Å². The van der Waals surface area contributed by atoms with Crippen LogP contribution in [0.25, 0.3) is 0 Å². The third-order valence-electron chi connectivity index (χ3n) is 7.75. The van der Waals surface area contributed by atoms with Gasteiger partial charge in [-0.3, -0.25) is 0 Å². The fraction of sp³-hybridized carbons (Fsp3) is 0.419. The molecule has 35 heavy (non-hydrogen) atoms. The molecule has 1 spiro atoms. The number of ether oxygens (including phenoxy) is 3. The molecule has 0 saturated heterocycles. The average Bonchev–Trinajstić information content (AvgIpc) is 3.18. The van der Waals surface area contributed by atoms with Crippen LogP contribution in [0.3, 0.4) is 0 Å². The van der Waals surface area contributed by atoms with Gasteiger partial charge in [0.25, 0.3) is 0 Å². The number of aliphatic hydroxyl groups is 1. The lowest BCUT2D eigenvalue weighted by Gasteiger charge is -2.50. The molecule has 3 atom stereocenters. The summed E-state index contributed by atoms with van der Waals surface area (Å²) in [5.41, 5.74) is 3.07. The summed E-state index contributed by atoms with van der Waals surface area (Å²) in [7, 11) is 0. The fourth-order valence-electron chi connectivity index (χ4n) is 6.02. The van der Waals surface area contributed by atoms with Crippen LogP contribution >= 0.6 is 0 Å². The van der Waals surface area contributed by atoms with Gasteiger partial charge in [-0.1, -0.05) is 97.4 Å². The second kappa shape index (κ2) is 11.0. The van der Waals surface area contributed by atoms with E-state index in [4.69, 9.17) is 14.2 Å². The molecule has 0 bridgehead atoms. The van der Waals surface area contributed by atoms with Gasteiger partial charge in [-0.05, 0) is 48.8 Å². The maximum absolute atomic E-state index is 10.8. The van der Waals surface area contributed by atoms with Crippen molar-refractivity contribution < 1.29 is 19.3 Å². The van der Waals surface area contributed by atoms with Crippen molar-refractivity contribution in [3.8, 4) is 0 Å². The van der Waals surface area contributed by atoms with Crippen molar-refractivity contribution in [2.45, 2.75) is 76.3 Å². The Bertz CT molecular complexity index is 996. The highest BCUT2D eigenvalue weighted by Gasteiger charge is 2.64. The summed E-state index contributed by atoms with van der Waals surface area (Å²) >= 11 is 0. The Balaban J connectivity index is 1.47. The van der Waals surface area contributed by atoms with Crippen LogP contribution in [-0.2, 0) is 34.0 Å². The van der Waals surface area contributed by atoms with Crippen LogP contribution in [0.5, 0.6) is 0 Å². The standard InChI is InChI=1S/C31H36O4/c32-28-17-10-19-30(21-28)20-18-29(33-22-25-11-4-1-5-12-25)31(30,34-23-26-13-6-2-7-14-26)35-24-27-15-8-3-9-16-27/h1-9,11-16,28-29,32H,10,17-24H2. The first-order valence-corrected chi connectivity index (χ1v) is 12.9. The van der Waals surface area contributed by atoms with Crippen molar-refractivity contribution >= 4 is 0 Å². The van der Waals surface area contributed by atoms with Gasteiger partial charge in [0.2, 0.25) is 5.79 Å². The summed E-state index contributed by atoms with van der Waals surface area (Å²) < 4.78 is 20.4. The van der Waals surface area contributed by atoms with Crippen molar-refractivity contribution in [2.75, 3.05) is 0 Å². The molecule has 0 heterocycles. The van der Waals surface area contributed by atoms with Gasteiger partial charge in [-0.2, -0.15) is 0 Å². The Kier molecular flexibility index (Phi) is 7.64. The Labute approximate surface area is 208 Å². The minimum absolute atomic E-state index is 0.222. The SMILES string of the molecule is OC1CCCC2(CCC(OCc3ccccc3)C2(OCc2ccccc2)OCc2ccccc2)C1. The molecule has 2 aliphatic rings. The van der Waals surface area contributed by atoms with Crippen LogP contribution < -0.4 is 0 Å². The maximum atomic E-state index is 10.8. The van der Waals surface area contributed by atoms with E-state index in [-0.39, 0.29) is 17.6 Å². The molecule has 2 saturated carbocycles. The summed E-state index contributed by atoms with van der Waals surface area (Å²) in [4.78, 5) is 0. The zero-order valence-electron chi connectivity index (χ0n) is 20.4. The average molecular weight is 473 g/mol. The van der Waals surface area contributed by atoms with Crippen LogP contribution in [0.4, 0.5) is 0 Å². The minimum atomic E-state index is -0.936. The van der Waals surface area contributed by atoms with E-state index in [1.54, 1.807) is 0 Å². The van der Waals surface area contributed by atoms with Crippen molar-refractivity contribution in [1.82, 2.24) is 0 Å². The number of hydrogen-bond acceptors (Lipinski definition) is 4. The molecule has 2 aliphatic carbocycles. The topological polar surface area (TPSA) is 47.9 Å². The van der Waals surface area contributed by atoms with Crippen molar-refractivity contribution in [3.05, 3.63) is 108 Å². The molecule has 184 valence electrons. The van der Waals surface area contributed by atoms with Gasteiger partial charge < -0.3 is 19.3 Å². The molecule has 4 nitrogen and oxygen atoms in total. The van der Waals surface area contributed by atoms with E-state index in [1.165, 1.54) is 0 Å². The third-order valence-corrected chi connectivity index (χ3v) is 7.75. The predicted molar refractivity (Wildman–Crippen MR) is 136 cm³/mol. The van der Waals surface area contributed by atoms with Crippen molar-refractivity contribution in [2.24, 2.45) is 5.41 Å². The van der Waals surface area contributed by atoms with Gasteiger partial charge in [0, 0.05) is 5.41 Å². The van der Waals surface area contributed by atoms with Gasteiger partial charge in [0.1, 0.15) is 6.10 Å². The molecule has 0 aromatic heterocycles. The number of aliphatic hydroxyl groups excluding tert-OH is 1. The molecule has 4 heteroatoms. The molecular weight excluding hydrogens is 436 g/mol. The molecule has 5 rings (SSSR count). The normalized spacial score (nSPS) is 25.6. The van der Waals surface area contributed by atoms with E-state index in [2.05, 4.69) is 36.4 Å². The highest BCUT2D eigenvalue weighted by molar-refractivity contribution is 5.17. The smallest absolute Gasteiger partial charge is 0.201 e. The molecule has 0 aliphatic heterocycles. The Morgan fingerprint density at radius 3 is 1.69 bits per heavy atom. The molecule has 3 aromatic rings. The predicted octanol–water partition coefficient (Wildman–Crippen LogP) is 6.42. The Morgan fingerprint density at radius 1 is 0.657 bits per heavy atom. The largest absolute Gasteiger partial charge is 0.393 e. The van der Waals surface area contributed by atoms with Gasteiger partial charge >= 0.3 is 0 Å². The van der Waals surface area contributed by atoms with E-state index in [0.717, 1.165) is 48.8 Å². The number of benzene rings is 3. The lowest BCUT2D eigenvalue weighted by molar-refractivity contribution is -0.344. The van der Waals surface area contributed by atoms with Gasteiger partial charge in [-0.25, -0.2) is 0 Å². The zero-order valence-corrected chi connectivity index (χ0v) is 20.4. The second-order valence-electron chi connectivity index (χ2n) is 10.1. The maximum Gasteiger partial charge on any atom is 0.201 e. The molecule has 3 unspecified atom stereocenters. The molecule has 0 radical (unpaired) electrons. The summed E-state index contributed by atoms with van der Waals surface area (Å²) in [6, 6.07) is 30.8. The van der Waals surface area contributed by atoms with Gasteiger partial charge in [0.05, 0.1) is 25.9 Å². The number of hydrogen-bond donors (Lipinski definition) is 1. The quantitative estimate of drug-likeness (QED) is 0.365. The van der Waals surface area contributed by atoms with E-state index in [0.29, 0.717) is 26.2 Å². The lowest BCUT2D eigenvalue weighted by atomic mass is 9.68. The Hall–Kier alpha value is -2.50. The van der Waals surface area contributed by atoms with Crippen molar-refractivity contribution in [3.63, 3.8) is 0 Å². The Morgan fingerprint density at radius 2 is 1.17 bits per heavy atom. The fourth-order valence-corrected chi connectivity index (χ4v) is 6.02. The third kappa shape index (κ3) is 5.36. The van der Waals surface area contributed by atoms with Crippen LogP contribution in [0, 0.1) is 5.41 Å². The highest BCUT2D eigenvalue weighted by atomic mass is 16.7. The molecular formula is C31H36O4. The zero-order chi connectivity index (χ0) is 24.0. The molecule has 2 fully saturated rings. The van der Waals surface area contributed by atoms with Gasteiger partial charge in [-0.15, -0.1) is 0 Å². The summed E-state index contributed by atoms with van der Waals surface area (Å²) in [6.45, 7) is 1.40. The monoisotopic (exact) mass is 472 g/mol. The first kappa shape index (κ1) is 24.2. The van der Waals surface area contributed by atoms with E-state index in [9.17, 15) is 5.11 Å². The summed E-state index contributed by atoms with van der Waals surface area (Å²) in [5.74, 6) is -0.936. The molecule has 0 amide bonds. The molecule has 3 aromatic carbocycles. The van der Waals surface area contributed by atoms with Crippen LogP contribution in [0.15, 0.2) is 91.0 Å². The van der Waals surface area contributed by atoms with Crippen LogP contribution in [0.1, 0.15) is 55.2 Å². The van der Waals surface area contributed by atoms with Crippen molar-refractivity contribution in [1.29, 1.82) is 0 Å². The first-order valence-electron chi connectivity index (χ1n) is 12.9.